The number of amides is 1. The summed E-state index contributed by atoms with van der Waals surface area (Å²) >= 11 is 0. The Labute approximate surface area is 147 Å². The van der Waals surface area contributed by atoms with Gasteiger partial charge >= 0.3 is 0 Å². The molecule has 1 N–H and O–H groups in total. The van der Waals surface area contributed by atoms with Gasteiger partial charge in [0.15, 0.2) is 12.4 Å². The fourth-order valence-corrected chi connectivity index (χ4v) is 2.70. The number of aryl methyl sites for hydroxylation is 1. The number of hydrogen-bond acceptors (Lipinski definition) is 2. The number of pyridine rings is 1. The molecular weight excluding hydrogens is 312 g/mol. The normalized spacial score (nSPS) is 10.3. The van der Waals surface area contributed by atoms with E-state index in [0.29, 0.717) is 11.4 Å². The lowest BCUT2D eigenvalue weighted by Crippen LogP contribution is -2.39. The number of nitrogens with zero attached hydrogens (tertiary/aromatic N) is 1. The molecule has 3 aromatic rings. The van der Waals surface area contributed by atoms with E-state index in [0.717, 1.165) is 16.7 Å². The summed E-state index contributed by atoms with van der Waals surface area (Å²) in [6.07, 6.45) is 3.86. The maximum atomic E-state index is 12.4. The molecule has 0 aliphatic rings. The van der Waals surface area contributed by atoms with Gasteiger partial charge in [-0.1, -0.05) is 36.4 Å². The van der Waals surface area contributed by atoms with Gasteiger partial charge in [-0.2, -0.15) is 4.57 Å². The van der Waals surface area contributed by atoms with E-state index in [1.807, 2.05) is 72.4 Å². The molecule has 3 rings (SSSR count). The predicted octanol–water partition coefficient (Wildman–Crippen LogP) is 3.60. The first-order chi connectivity index (χ1) is 12.2. The molecule has 2 aromatic carbocycles. The number of methoxy groups -OCH3 is 1. The Morgan fingerprint density at radius 1 is 1.04 bits per heavy atom. The van der Waals surface area contributed by atoms with Gasteiger partial charge in [0.05, 0.1) is 12.8 Å². The van der Waals surface area contributed by atoms with E-state index in [1.165, 1.54) is 0 Å². The third-order valence-electron chi connectivity index (χ3n) is 3.92. The van der Waals surface area contributed by atoms with Crippen molar-refractivity contribution < 1.29 is 14.1 Å². The third kappa shape index (κ3) is 4.23. The molecule has 1 amide bonds. The smallest absolute Gasteiger partial charge is 0.290 e. The highest BCUT2D eigenvalue weighted by Gasteiger charge is 2.13. The number of carbonyl (C=O) groups is 1. The van der Waals surface area contributed by atoms with E-state index in [2.05, 4.69) is 17.4 Å². The Hall–Kier alpha value is -3.14. The van der Waals surface area contributed by atoms with Gasteiger partial charge in [-0.05, 0) is 36.2 Å². The van der Waals surface area contributed by atoms with Crippen LogP contribution >= 0.6 is 0 Å². The van der Waals surface area contributed by atoms with Crippen molar-refractivity contribution in [2.45, 2.75) is 13.5 Å². The van der Waals surface area contributed by atoms with Gasteiger partial charge in [0.1, 0.15) is 5.75 Å². The summed E-state index contributed by atoms with van der Waals surface area (Å²) in [5.41, 5.74) is 3.95. The van der Waals surface area contributed by atoms with Crippen LogP contribution in [-0.2, 0) is 11.3 Å². The van der Waals surface area contributed by atoms with Gasteiger partial charge in [0.25, 0.3) is 5.91 Å². The molecule has 0 aliphatic carbocycles. The van der Waals surface area contributed by atoms with Crippen molar-refractivity contribution in [3.05, 3.63) is 78.6 Å². The Morgan fingerprint density at radius 2 is 1.80 bits per heavy atom. The number of ether oxygens (including phenoxy) is 1. The first-order valence-corrected chi connectivity index (χ1v) is 8.15. The molecule has 0 fully saturated rings. The SMILES string of the molecule is COc1ccc(C)cc1NC(=O)C[n+]1cccc(-c2ccccc2)c1. The summed E-state index contributed by atoms with van der Waals surface area (Å²) in [5.74, 6) is 0.557. The van der Waals surface area contributed by atoms with E-state index >= 15 is 0 Å². The molecule has 0 bridgehead atoms. The molecule has 126 valence electrons. The van der Waals surface area contributed by atoms with Crippen LogP contribution in [-0.4, -0.2) is 13.0 Å². The summed E-state index contributed by atoms with van der Waals surface area (Å²) in [4.78, 5) is 12.4. The van der Waals surface area contributed by atoms with Crippen LogP contribution in [0.2, 0.25) is 0 Å². The fraction of sp³-hybridized carbons (Fsp3) is 0.143. The zero-order chi connectivity index (χ0) is 17.6. The number of anilines is 1. The molecule has 4 heteroatoms. The van der Waals surface area contributed by atoms with Crippen molar-refractivity contribution >= 4 is 11.6 Å². The van der Waals surface area contributed by atoms with Gasteiger partial charge in [0, 0.05) is 11.6 Å². The van der Waals surface area contributed by atoms with E-state index in [-0.39, 0.29) is 12.5 Å². The quantitative estimate of drug-likeness (QED) is 0.725. The summed E-state index contributed by atoms with van der Waals surface area (Å²) in [6, 6.07) is 19.8. The zero-order valence-corrected chi connectivity index (χ0v) is 14.4. The minimum atomic E-state index is -0.0980. The molecule has 0 atom stereocenters. The van der Waals surface area contributed by atoms with Crippen molar-refractivity contribution in [1.29, 1.82) is 0 Å². The van der Waals surface area contributed by atoms with Crippen LogP contribution in [0.3, 0.4) is 0 Å². The minimum absolute atomic E-state index is 0.0980. The number of aromatic nitrogens is 1. The van der Waals surface area contributed by atoms with Crippen LogP contribution in [0.4, 0.5) is 5.69 Å². The van der Waals surface area contributed by atoms with Crippen LogP contribution in [0.5, 0.6) is 5.75 Å². The average molecular weight is 333 g/mol. The predicted molar refractivity (Wildman–Crippen MR) is 98.4 cm³/mol. The van der Waals surface area contributed by atoms with Crippen molar-refractivity contribution in [1.82, 2.24) is 0 Å². The van der Waals surface area contributed by atoms with Crippen molar-refractivity contribution in [3.63, 3.8) is 0 Å². The number of hydrogen-bond donors (Lipinski definition) is 1. The highest BCUT2D eigenvalue weighted by molar-refractivity contribution is 5.91. The number of benzene rings is 2. The molecule has 4 nitrogen and oxygen atoms in total. The Balaban J connectivity index is 1.75. The van der Waals surface area contributed by atoms with Crippen molar-refractivity contribution in [2.75, 3.05) is 12.4 Å². The van der Waals surface area contributed by atoms with E-state index < -0.39 is 0 Å². The molecular formula is C21H21N2O2+. The zero-order valence-electron chi connectivity index (χ0n) is 14.4. The average Bonchev–Trinajstić information content (AvgIpc) is 2.63. The van der Waals surface area contributed by atoms with E-state index in [1.54, 1.807) is 7.11 Å². The number of carbonyl (C=O) groups excluding carboxylic acids is 1. The molecule has 1 heterocycles. The molecule has 0 aliphatic heterocycles. The summed E-state index contributed by atoms with van der Waals surface area (Å²) in [7, 11) is 1.60. The number of rotatable bonds is 5. The molecule has 0 saturated carbocycles. The summed E-state index contributed by atoms with van der Waals surface area (Å²) in [6.45, 7) is 2.21. The molecule has 25 heavy (non-hydrogen) atoms. The van der Waals surface area contributed by atoms with Crippen LogP contribution in [0.1, 0.15) is 5.56 Å². The van der Waals surface area contributed by atoms with Gasteiger partial charge < -0.3 is 10.1 Å². The summed E-state index contributed by atoms with van der Waals surface area (Å²) in [5, 5.41) is 2.93. The van der Waals surface area contributed by atoms with Crippen LogP contribution in [0, 0.1) is 6.92 Å². The second-order valence-electron chi connectivity index (χ2n) is 5.88. The second-order valence-corrected chi connectivity index (χ2v) is 5.88. The lowest BCUT2D eigenvalue weighted by atomic mass is 10.1. The van der Waals surface area contributed by atoms with Crippen molar-refractivity contribution in [2.24, 2.45) is 0 Å². The van der Waals surface area contributed by atoms with Gasteiger partial charge in [0.2, 0.25) is 6.54 Å². The molecule has 0 radical (unpaired) electrons. The van der Waals surface area contributed by atoms with E-state index in [4.69, 9.17) is 4.74 Å². The largest absolute Gasteiger partial charge is 0.495 e. The second kappa shape index (κ2) is 7.62. The maximum absolute atomic E-state index is 12.4. The van der Waals surface area contributed by atoms with E-state index in [9.17, 15) is 4.79 Å². The summed E-state index contributed by atoms with van der Waals surface area (Å²) < 4.78 is 7.18. The molecule has 0 saturated heterocycles. The van der Waals surface area contributed by atoms with Crippen molar-refractivity contribution in [3.8, 4) is 16.9 Å². The molecule has 0 unspecified atom stereocenters. The Kier molecular flexibility index (Phi) is 5.09. The lowest BCUT2D eigenvalue weighted by molar-refractivity contribution is -0.683. The molecule has 1 aromatic heterocycles. The van der Waals surface area contributed by atoms with Crippen LogP contribution in [0.25, 0.3) is 11.1 Å². The highest BCUT2D eigenvalue weighted by atomic mass is 16.5. The Morgan fingerprint density at radius 3 is 2.56 bits per heavy atom. The van der Waals surface area contributed by atoms with Gasteiger partial charge in [-0.25, -0.2) is 0 Å². The Bertz CT molecular complexity index is 876. The lowest BCUT2D eigenvalue weighted by Gasteiger charge is -2.10. The maximum Gasteiger partial charge on any atom is 0.290 e. The van der Waals surface area contributed by atoms with Gasteiger partial charge in [-0.15, -0.1) is 0 Å². The van der Waals surface area contributed by atoms with Crippen LogP contribution < -0.4 is 14.6 Å². The van der Waals surface area contributed by atoms with Crippen LogP contribution in [0.15, 0.2) is 73.1 Å². The van der Waals surface area contributed by atoms with Gasteiger partial charge in [-0.3, -0.25) is 4.79 Å². The topological polar surface area (TPSA) is 42.2 Å². The number of nitrogens with one attached hydrogen (secondary N) is 1. The standard InChI is InChI=1S/C21H20N2O2/c1-16-10-11-20(25-2)19(13-16)22-21(24)15-23-12-6-9-18(14-23)17-7-4-3-5-8-17/h3-14H,15H2,1-2H3/p+1. The first kappa shape index (κ1) is 16.7. The highest BCUT2D eigenvalue weighted by Crippen LogP contribution is 2.25. The first-order valence-electron chi connectivity index (χ1n) is 8.15. The monoisotopic (exact) mass is 333 g/mol. The minimum Gasteiger partial charge on any atom is -0.495 e. The third-order valence-corrected chi connectivity index (χ3v) is 3.92. The molecule has 0 spiro atoms. The fourth-order valence-electron chi connectivity index (χ4n) is 2.70.